The smallest absolute Gasteiger partial charge is 0.235 e. The summed E-state index contributed by atoms with van der Waals surface area (Å²) in [5, 5.41) is 0.938. The lowest BCUT2D eigenvalue weighted by Crippen LogP contribution is -2.38. The number of anilines is 1. The molecule has 0 saturated carbocycles. The van der Waals surface area contributed by atoms with Gasteiger partial charge < -0.3 is 0 Å². The second-order valence-electron chi connectivity index (χ2n) is 4.60. The lowest BCUT2D eigenvalue weighted by Gasteiger charge is -2.28. The molecule has 2 heterocycles. The first-order valence-corrected chi connectivity index (χ1v) is 8.53. The van der Waals surface area contributed by atoms with E-state index in [0.717, 1.165) is 28.2 Å². The average molecular weight is 341 g/mol. The zero-order chi connectivity index (χ0) is 13.5. The Morgan fingerprint density at radius 3 is 2.89 bits per heavy atom. The van der Waals surface area contributed by atoms with E-state index in [1.807, 2.05) is 24.3 Å². The van der Waals surface area contributed by atoms with Crippen LogP contribution in [-0.2, 0) is 10.0 Å². The Labute approximate surface area is 120 Å². The molecule has 0 amide bonds. The largest absolute Gasteiger partial charge is 0.268 e. The van der Waals surface area contributed by atoms with Crippen molar-refractivity contribution in [2.45, 2.75) is 12.8 Å². The molecule has 0 spiro atoms. The fourth-order valence-electron chi connectivity index (χ4n) is 2.38. The monoisotopic (exact) mass is 340 g/mol. The summed E-state index contributed by atoms with van der Waals surface area (Å²) in [7, 11) is -3.20. The van der Waals surface area contributed by atoms with Gasteiger partial charge in [0.05, 0.1) is 17.0 Å². The summed E-state index contributed by atoms with van der Waals surface area (Å²) in [5.41, 5.74) is 1.42. The van der Waals surface area contributed by atoms with Crippen LogP contribution in [0.1, 0.15) is 12.8 Å². The van der Waals surface area contributed by atoms with Crippen LogP contribution in [0.15, 0.2) is 34.9 Å². The van der Waals surface area contributed by atoms with E-state index in [2.05, 4.69) is 20.9 Å². The number of halogens is 1. The van der Waals surface area contributed by atoms with Crippen molar-refractivity contribution < 1.29 is 8.42 Å². The van der Waals surface area contributed by atoms with Gasteiger partial charge >= 0.3 is 0 Å². The summed E-state index contributed by atoms with van der Waals surface area (Å²) in [6, 6.07) is 7.58. The number of hydrogen-bond donors (Lipinski definition) is 0. The van der Waals surface area contributed by atoms with Crippen LogP contribution in [0, 0.1) is 0 Å². The van der Waals surface area contributed by atoms with Gasteiger partial charge in [-0.25, -0.2) is 8.42 Å². The summed E-state index contributed by atoms with van der Waals surface area (Å²) >= 11 is 3.38. The first-order valence-electron chi connectivity index (χ1n) is 6.13. The predicted molar refractivity (Wildman–Crippen MR) is 79.8 cm³/mol. The number of benzene rings is 1. The van der Waals surface area contributed by atoms with E-state index < -0.39 is 10.0 Å². The summed E-state index contributed by atoms with van der Waals surface area (Å²) in [6.45, 7) is 0.541. The normalized spacial score (nSPS) is 18.7. The van der Waals surface area contributed by atoms with Gasteiger partial charge in [-0.2, -0.15) is 0 Å². The van der Waals surface area contributed by atoms with Gasteiger partial charge in [-0.1, -0.05) is 12.1 Å². The topological polar surface area (TPSA) is 50.3 Å². The Kier molecular flexibility index (Phi) is 3.22. The van der Waals surface area contributed by atoms with Crippen LogP contribution < -0.4 is 4.31 Å². The number of hydrogen-bond acceptors (Lipinski definition) is 3. The van der Waals surface area contributed by atoms with E-state index in [-0.39, 0.29) is 5.75 Å². The fourth-order valence-corrected chi connectivity index (χ4v) is 4.37. The maximum Gasteiger partial charge on any atom is 0.235 e. The van der Waals surface area contributed by atoms with Gasteiger partial charge in [0.15, 0.2) is 0 Å². The molecule has 1 aromatic carbocycles. The lowest BCUT2D eigenvalue weighted by molar-refractivity contribution is 0.574. The number of para-hydroxylation sites is 1. The Balaban J connectivity index is 2.20. The molecule has 0 aliphatic carbocycles. The molecule has 0 atom stereocenters. The molecule has 3 rings (SSSR count). The van der Waals surface area contributed by atoms with E-state index in [1.165, 1.54) is 4.31 Å². The fraction of sp³-hybridized carbons (Fsp3) is 0.308. The van der Waals surface area contributed by atoms with E-state index in [1.54, 1.807) is 6.20 Å². The first-order chi connectivity index (χ1) is 9.08. The minimum atomic E-state index is -3.20. The van der Waals surface area contributed by atoms with Gasteiger partial charge in [0, 0.05) is 22.6 Å². The number of rotatable bonds is 1. The second kappa shape index (κ2) is 4.76. The zero-order valence-electron chi connectivity index (χ0n) is 10.2. The van der Waals surface area contributed by atoms with Crippen molar-refractivity contribution in [2.75, 3.05) is 16.6 Å². The molecule has 0 N–H and O–H groups in total. The quantitative estimate of drug-likeness (QED) is 0.801. The molecule has 0 bridgehead atoms. The van der Waals surface area contributed by atoms with Crippen molar-refractivity contribution in [3.05, 3.63) is 34.9 Å². The standard InChI is InChI=1S/C13H13BrN2O2S/c14-11-8-10-4-3-5-12(13(10)15-9-11)16-6-1-2-7-19(16,17)18/h3-5,8-9H,1-2,6-7H2. The molecule has 0 radical (unpaired) electrons. The zero-order valence-corrected chi connectivity index (χ0v) is 12.6. The van der Waals surface area contributed by atoms with E-state index >= 15 is 0 Å². The number of nitrogens with zero attached hydrogens (tertiary/aromatic N) is 2. The van der Waals surface area contributed by atoms with Crippen LogP contribution in [0.4, 0.5) is 5.69 Å². The van der Waals surface area contributed by atoms with Gasteiger partial charge in [0.1, 0.15) is 0 Å². The van der Waals surface area contributed by atoms with Crippen LogP contribution in [0.2, 0.25) is 0 Å². The second-order valence-corrected chi connectivity index (χ2v) is 7.53. The Hall–Kier alpha value is -1.14. The molecular weight excluding hydrogens is 328 g/mol. The molecule has 1 saturated heterocycles. The van der Waals surface area contributed by atoms with Crippen molar-refractivity contribution in [3.63, 3.8) is 0 Å². The van der Waals surface area contributed by atoms with Gasteiger partial charge in [-0.05, 0) is 40.9 Å². The van der Waals surface area contributed by atoms with E-state index in [4.69, 9.17) is 0 Å². The molecular formula is C13H13BrN2O2S. The summed E-state index contributed by atoms with van der Waals surface area (Å²) < 4.78 is 26.8. The molecule has 1 aromatic heterocycles. The SMILES string of the molecule is O=S1(=O)CCCCN1c1cccc2cc(Br)cnc12. The lowest BCUT2D eigenvalue weighted by atomic mass is 10.2. The first kappa shape index (κ1) is 12.9. The Morgan fingerprint density at radius 2 is 2.11 bits per heavy atom. The van der Waals surface area contributed by atoms with E-state index in [9.17, 15) is 8.42 Å². The highest BCUT2D eigenvalue weighted by molar-refractivity contribution is 9.10. The highest BCUT2D eigenvalue weighted by Crippen LogP contribution is 2.30. The average Bonchev–Trinajstić information content (AvgIpc) is 2.37. The molecule has 4 nitrogen and oxygen atoms in total. The van der Waals surface area contributed by atoms with Gasteiger partial charge in [-0.15, -0.1) is 0 Å². The molecule has 100 valence electrons. The van der Waals surface area contributed by atoms with Crippen LogP contribution in [-0.4, -0.2) is 25.7 Å². The van der Waals surface area contributed by atoms with Crippen LogP contribution in [0.3, 0.4) is 0 Å². The summed E-state index contributed by atoms with van der Waals surface area (Å²) in [5.74, 6) is 0.222. The minimum Gasteiger partial charge on any atom is -0.268 e. The minimum absolute atomic E-state index is 0.222. The highest BCUT2D eigenvalue weighted by atomic mass is 79.9. The van der Waals surface area contributed by atoms with Crippen molar-refractivity contribution >= 4 is 42.5 Å². The van der Waals surface area contributed by atoms with E-state index in [0.29, 0.717) is 12.2 Å². The molecule has 1 fully saturated rings. The van der Waals surface area contributed by atoms with Gasteiger partial charge in [0.25, 0.3) is 0 Å². The van der Waals surface area contributed by atoms with Gasteiger partial charge in [-0.3, -0.25) is 9.29 Å². The molecule has 6 heteroatoms. The molecule has 1 aliphatic rings. The third-order valence-corrected chi connectivity index (χ3v) is 5.56. The van der Waals surface area contributed by atoms with Crippen LogP contribution >= 0.6 is 15.9 Å². The number of fused-ring (bicyclic) bond motifs is 1. The maximum atomic E-state index is 12.2. The van der Waals surface area contributed by atoms with Crippen molar-refractivity contribution in [1.82, 2.24) is 4.98 Å². The maximum absolute atomic E-state index is 12.2. The molecule has 19 heavy (non-hydrogen) atoms. The third kappa shape index (κ3) is 2.34. The summed E-state index contributed by atoms with van der Waals surface area (Å²) in [6.07, 6.45) is 3.33. The van der Waals surface area contributed by atoms with Crippen molar-refractivity contribution in [2.24, 2.45) is 0 Å². The Bertz CT molecular complexity index is 731. The molecule has 1 aliphatic heterocycles. The highest BCUT2D eigenvalue weighted by Gasteiger charge is 2.27. The van der Waals surface area contributed by atoms with Crippen molar-refractivity contribution in [3.8, 4) is 0 Å². The Morgan fingerprint density at radius 1 is 1.26 bits per heavy atom. The number of pyridine rings is 1. The van der Waals surface area contributed by atoms with Crippen LogP contribution in [0.25, 0.3) is 10.9 Å². The predicted octanol–water partition coefficient (Wildman–Crippen LogP) is 2.93. The van der Waals surface area contributed by atoms with Gasteiger partial charge in [0.2, 0.25) is 10.0 Å². The van der Waals surface area contributed by atoms with Crippen molar-refractivity contribution in [1.29, 1.82) is 0 Å². The summed E-state index contributed by atoms with van der Waals surface area (Å²) in [4.78, 5) is 4.37. The molecule has 2 aromatic rings. The number of aromatic nitrogens is 1. The number of sulfonamides is 1. The third-order valence-electron chi connectivity index (χ3n) is 3.27. The molecule has 0 unspecified atom stereocenters. The van der Waals surface area contributed by atoms with Crippen LogP contribution in [0.5, 0.6) is 0 Å².